The molecule has 0 atom stereocenters. The number of hydrogen-bond acceptors (Lipinski definition) is 5. The highest BCUT2D eigenvalue weighted by molar-refractivity contribution is 5.92. The van der Waals surface area contributed by atoms with E-state index in [2.05, 4.69) is 5.32 Å². The first-order valence-electron chi connectivity index (χ1n) is 7.93. The Bertz CT molecular complexity index is 740. The van der Waals surface area contributed by atoms with Crippen molar-refractivity contribution in [2.24, 2.45) is 0 Å². The van der Waals surface area contributed by atoms with Gasteiger partial charge in [0.1, 0.15) is 0 Å². The first-order valence-corrected chi connectivity index (χ1v) is 7.93. The maximum Gasteiger partial charge on any atom is 0.224 e. The Hall–Kier alpha value is -2.60. The monoisotopic (exact) mass is 380 g/mol. The van der Waals surface area contributed by atoms with Crippen molar-refractivity contribution in [1.29, 1.82) is 0 Å². The average molecular weight is 381 g/mol. The van der Waals surface area contributed by atoms with E-state index in [1.807, 2.05) is 25.1 Å². The van der Waals surface area contributed by atoms with E-state index in [0.717, 1.165) is 16.8 Å². The molecular weight excluding hydrogens is 356 g/mol. The molecule has 0 bridgehead atoms. The van der Waals surface area contributed by atoms with Crippen molar-refractivity contribution in [3.05, 3.63) is 41.5 Å². The van der Waals surface area contributed by atoms with E-state index in [1.165, 1.54) is 0 Å². The Morgan fingerprint density at radius 3 is 2.19 bits per heavy atom. The normalized spacial score (nSPS) is 9.85. The molecule has 0 saturated carbocycles. The Morgan fingerprint density at radius 1 is 1.04 bits per heavy atom. The summed E-state index contributed by atoms with van der Waals surface area (Å²) in [5.41, 5.74) is 9.01. The number of aryl methyl sites for hydroxylation is 2. The van der Waals surface area contributed by atoms with Gasteiger partial charge in [-0.2, -0.15) is 0 Å². The van der Waals surface area contributed by atoms with Crippen molar-refractivity contribution in [2.45, 2.75) is 19.8 Å². The molecule has 0 aliphatic heterocycles. The Morgan fingerprint density at radius 2 is 1.65 bits per heavy atom. The number of rotatable bonds is 7. The third-order valence-corrected chi connectivity index (χ3v) is 3.90. The number of hydrogen-bond donors (Lipinski definition) is 2. The molecule has 1 amide bonds. The second kappa shape index (κ2) is 9.77. The van der Waals surface area contributed by atoms with Crippen molar-refractivity contribution in [3.63, 3.8) is 0 Å². The number of benzene rings is 2. The lowest BCUT2D eigenvalue weighted by atomic mass is 10.1. The lowest BCUT2D eigenvalue weighted by molar-refractivity contribution is -0.116. The summed E-state index contributed by atoms with van der Waals surface area (Å²) in [4.78, 5) is 12.2. The Kier molecular flexibility index (Phi) is 8.06. The fourth-order valence-corrected chi connectivity index (χ4v) is 2.52. The first kappa shape index (κ1) is 21.4. The summed E-state index contributed by atoms with van der Waals surface area (Å²) in [6.07, 6.45) is 0.872. The van der Waals surface area contributed by atoms with Gasteiger partial charge in [0.05, 0.1) is 21.3 Å². The van der Waals surface area contributed by atoms with E-state index in [4.69, 9.17) is 19.9 Å². The molecule has 6 nitrogen and oxygen atoms in total. The van der Waals surface area contributed by atoms with Gasteiger partial charge in [0.2, 0.25) is 11.7 Å². The third-order valence-electron chi connectivity index (χ3n) is 3.90. The summed E-state index contributed by atoms with van der Waals surface area (Å²) < 4.78 is 16.0. The van der Waals surface area contributed by atoms with Crippen molar-refractivity contribution >= 4 is 29.7 Å². The molecule has 7 heteroatoms. The molecule has 2 aromatic carbocycles. The van der Waals surface area contributed by atoms with E-state index in [0.29, 0.717) is 35.8 Å². The third kappa shape index (κ3) is 5.20. The van der Waals surface area contributed by atoms with Crippen molar-refractivity contribution in [3.8, 4) is 17.2 Å². The zero-order valence-electron chi connectivity index (χ0n) is 15.4. The zero-order valence-corrected chi connectivity index (χ0v) is 16.2. The van der Waals surface area contributed by atoms with Crippen LogP contribution in [0.1, 0.15) is 17.5 Å². The van der Waals surface area contributed by atoms with Crippen molar-refractivity contribution in [1.82, 2.24) is 0 Å². The smallest absolute Gasteiger partial charge is 0.224 e. The minimum absolute atomic E-state index is 0. The van der Waals surface area contributed by atoms with E-state index >= 15 is 0 Å². The second-order valence-corrected chi connectivity index (χ2v) is 5.66. The molecule has 0 aliphatic carbocycles. The number of nitrogens with two attached hydrogens (primary N) is 1. The van der Waals surface area contributed by atoms with Crippen LogP contribution in [-0.4, -0.2) is 27.2 Å². The molecule has 2 rings (SSSR count). The molecular formula is C19H25ClN2O4. The number of ether oxygens (including phenoxy) is 3. The van der Waals surface area contributed by atoms with Gasteiger partial charge in [-0.25, -0.2) is 0 Å². The number of methoxy groups -OCH3 is 3. The van der Waals surface area contributed by atoms with Gasteiger partial charge >= 0.3 is 0 Å². The summed E-state index contributed by atoms with van der Waals surface area (Å²) in [5.74, 6) is 1.60. The number of nitrogen functional groups attached to an aromatic ring is 1. The van der Waals surface area contributed by atoms with Crippen LogP contribution >= 0.6 is 12.4 Å². The number of anilines is 2. The molecule has 0 radical (unpaired) electrons. The van der Waals surface area contributed by atoms with E-state index < -0.39 is 0 Å². The van der Waals surface area contributed by atoms with Crippen LogP contribution in [0.3, 0.4) is 0 Å². The number of carbonyl (C=O) groups excluding carboxylic acids is 1. The van der Waals surface area contributed by atoms with Gasteiger partial charge in [-0.15, -0.1) is 12.4 Å². The summed E-state index contributed by atoms with van der Waals surface area (Å²) in [7, 11) is 4.69. The summed E-state index contributed by atoms with van der Waals surface area (Å²) in [5, 5.41) is 2.89. The molecule has 3 N–H and O–H groups in total. The first-order chi connectivity index (χ1) is 12.0. The Balaban J connectivity index is 0.00000338. The molecule has 26 heavy (non-hydrogen) atoms. The predicted octanol–water partition coefficient (Wildman–Crippen LogP) is 3.60. The van der Waals surface area contributed by atoms with Crippen molar-refractivity contribution < 1.29 is 19.0 Å². The van der Waals surface area contributed by atoms with Crippen LogP contribution < -0.4 is 25.3 Å². The van der Waals surface area contributed by atoms with Gasteiger partial charge in [-0.05, 0) is 48.7 Å². The van der Waals surface area contributed by atoms with Crippen LogP contribution in [0, 0.1) is 6.92 Å². The van der Waals surface area contributed by atoms with E-state index in [1.54, 1.807) is 33.5 Å². The van der Waals surface area contributed by atoms with Gasteiger partial charge in [0.25, 0.3) is 0 Å². The number of carbonyl (C=O) groups is 1. The maximum atomic E-state index is 12.2. The summed E-state index contributed by atoms with van der Waals surface area (Å²) in [6.45, 7) is 1.92. The molecule has 0 saturated heterocycles. The van der Waals surface area contributed by atoms with Crippen LogP contribution in [0.25, 0.3) is 0 Å². The highest BCUT2D eigenvalue weighted by Crippen LogP contribution is 2.38. The van der Waals surface area contributed by atoms with Gasteiger partial charge < -0.3 is 25.3 Å². The zero-order chi connectivity index (χ0) is 18.4. The SMILES string of the molecule is COc1cc(CCC(=O)Nc2cc(N)ccc2C)cc(OC)c1OC.Cl. The van der Waals surface area contributed by atoms with E-state index in [9.17, 15) is 4.79 Å². The maximum absolute atomic E-state index is 12.2. The minimum atomic E-state index is -0.0811. The minimum Gasteiger partial charge on any atom is -0.493 e. The fourth-order valence-electron chi connectivity index (χ4n) is 2.52. The lowest BCUT2D eigenvalue weighted by Gasteiger charge is -2.14. The van der Waals surface area contributed by atoms with Crippen LogP contribution in [0.15, 0.2) is 30.3 Å². The molecule has 0 fully saturated rings. The van der Waals surface area contributed by atoms with E-state index in [-0.39, 0.29) is 18.3 Å². The molecule has 0 unspecified atom stereocenters. The number of halogens is 1. The average Bonchev–Trinajstić information content (AvgIpc) is 2.61. The fraction of sp³-hybridized carbons (Fsp3) is 0.316. The highest BCUT2D eigenvalue weighted by atomic mass is 35.5. The van der Waals surface area contributed by atoms with Crippen LogP contribution in [0.2, 0.25) is 0 Å². The molecule has 0 aromatic heterocycles. The predicted molar refractivity (Wildman–Crippen MR) is 106 cm³/mol. The van der Waals surface area contributed by atoms with Gasteiger partial charge in [0, 0.05) is 17.8 Å². The Labute approximate surface area is 160 Å². The van der Waals surface area contributed by atoms with Gasteiger partial charge in [-0.3, -0.25) is 4.79 Å². The van der Waals surface area contributed by atoms with Crippen LogP contribution in [-0.2, 0) is 11.2 Å². The second-order valence-electron chi connectivity index (χ2n) is 5.66. The molecule has 142 valence electrons. The molecule has 0 heterocycles. The number of amides is 1. The summed E-state index contributed by atoms with van der Waals surface area (Å²) >= 11 is 0. The molecule has 2 aromatic rings. The highest BCUT2D eigenvalue weighted by Gasteiger charge is 2.14. The molecule has 0 spiro atoms. The van der Waals surface area contributed by atoms with Crippen LogP contribution in [0.5, 0.6) is 17.2 Å². The molecule has 0 aliphatic rings. The largest absolute Gasteiger partial charge is 0.493 e. The van der Waals surface area contributed by atoms with Gasteiger partial charge in [0.15, 0.2) is 11.5 Å². The lowest BCUT2D eigenvalue weighted by Crippen LogP contribution is -2.13. The van der Waals surface area contributed by atoms with Crippen molar-refractivity contribution in [2.75, 3.05) is 32.4 Å². The summed E-state index contributed by atoms with van der Waals surface area (Å²) in [6, 6.07) is 9.14. The topological polar surface area (TPSA) is 82.8 Å². The quantitative estimate of drug-likeness (QED) is 0.717. The standard InChI is InChI=1S/C19H24N2O4.ClH/c1-12-5-7-14(20)11-15(12)21-18(22)8-6-13-9-16(23-2)19(25-4)17(10-13)24-3;/h5,7,9-11H,6,8,20H2,1-4H3,(H,21,22);1H. The van der Waals surface area contributed by atoms with Gasteiger partial charge in [-0.1, -0.05) is 6.07 Å². The van der Waals surface area contributed by atoms with Crippen LogP contribution in [0.4, 0.5) is 11.4 Å². The number of nitrogens with one attached hydrogen (secondary N) is 1.